The summed E-state index contributed by atoms with van der Waals surface area (Å²) < 4.78 is 0. The van der Waals surface area contributed by atoms with Crippen molar-refractivity contribution in [3.8, 4) is 0 Å². The zero-order chi connectivity index (χ0) is 9.97. The van der Waals surface area contributed by atoms with Gasteiger partial charge in [0.1, 0.15) is 0 Å². The zero-order valence-electron chi connectivity index (χ0n) is 8.75. The lowest BCUT2D eigenvalue weighted by Crippen LogP contribution is -2.52. The van der Waals surface area contributed by atoms with Gasteiger partial charge in [-0.2, -0.15) is 0 Å². The first-order valence-corrected chi connectivity index (χ1v) is 5.58. The van der Waals surface area contributed by atoms with E-state index in [0.29, 0.717) is 12.0 Å². The molecule has 2 aliphatic heterocycles. The third kappa shape index (κ3) is 1.71. The molecule has 0 radical (unpaired) electrons. The lowest BCUT2D eigenvalue weighted by atomic mass is 9.92. The van der Waals surface area contributed by atoms with Crippen molar-refractivity contribution in [2.24, 2.45) is 5.92 Å². The molecule has 0 saturated carbocycles. The lowest BCUT2D eigenvalue weighted by Gasteiger charge is -2.36. The normalized spacial score (nSPS) is 31.4. The number of nitrogens with zero attached hydrogens (tertiary/aromatic N) is 1. The lowest BCUT2D eigenvalue weighted by molar-refractivity contribution is 0.137. The summed E-state index contributed by atoms with van der Waals surface area (Å²) in [6.07, 6.45) is 2.42. The van der Waals surface area contributed by atoms with Gasteiger partial charge in [-0.25, -0.2) is 4.79 Å². The average molecular weight is 197 g/mol. The molecule has 4 heteroatoms. The average Bonchev–Trinajstić information content (AvgIpc) is 2.65. The minimum absolute atomic E-state index is 0.117. The summed E-state index contributed by atoms with van der Waals surface area (Å²) in [5.74, 6) is 0.686. The van der Waals surface area contributed by atoms with Gasteiger partial charge in [0.15, 0.2) is 0 Å². The van der Waals surface area contributed by atoms with Crippen molar-refractivity contribution in [1.82, 2.24) is 15.5 Å². The van der Waals surface area contributed by atoms with Gasteiger partial charge in [0.05, 0.1) is 0 Å². The van der Waals surface area contributed by atoms with E-state index in [1.165, 1.54) is 6.42 Å². The largest absolute Gasteiger partial charge is 0.338 e. The van der Waals surface area contributed by atoms with Gasteiger partial charge in [0.25, 0.3) is 0 Å². The Morgan fingerprint density at radius 1 is 1.57 bits per heavy atom. The van der Waals surface area contributed by atoms with Gasteiger partial charge < -0.3 is 15.5 Å². The van der Waals surface area contributed by atoms with Crippen LogP contribution in [-0.2, 0) is 0 Å². The van der Waals surface area contributed by atoms with Crippen LogP contribution in [0.15, 0.2) is 0 Å². The first-order valence-electron chi connectivity index (χ1n) is 5.58. The maximum Gasteiger partial charge on any atom is 0.317 e. The van der Waals surface area contributed by atoms with Crippen LogP contribution in [0.5, 0.6) is 0 Å². The Hall–Kier alpha value is -0.770. The summed E-state index contributed by atoms with van der Waals surface area (Å²) in [7, 11) is 0. The number of amides is 2. The second-order valence-corrected chi connectivity index (χ2v) is 4.16. The van der Waals surface area contributed by atoms with Crippen LogP contribution in [0.3, 0.4) is 0 Å². The highest BCUT2D eigenvalue weighted by atomic mass is 16.2. The van der Waals surface area contributed by atoms with Crippen molar-refractivity contribution in [1.29, 1.82) is 0 Å². The number of likely N-dealkylation sites (tertiary alicyclic amines) is 1. The van der Waals surface area contributed by atoms with Crippen LogP contribution in [-0.4, -0.2) is 43.2 Å². The van der Waals surface area contributed by atoms with Crippen molar-refractivity contribution in [2.75, 3.05) is 26.2 Å². The van der Waals surface area contributed by atoms with Gasteiger partial charge >= 0.3 is 6.03 Å². The third-order valence-electron chi connectivity index (χ3n) is 3.27. The fourth-order valence-corrected chi connectivity index (χ4v) is 2.57. The number of hydrogen-bond donors (Lipinski definition) is 2. The summed E-state index contributed by atoms with van der Waals surface area (Å²) in [5, 5.41) is 6.26. The molecule has 0 aromatic carbocycles. The fourth-order valence-electron chi connectivity index (χ4n) is 2.57. The summed E-state index contributed by atoms with van der Waals surface area (Å²) in [5.41, 5.74) is 0. The van der Waals surface area contributed by atoms with Crippen molar-refractivity contribution in [3.05, 3.63) is 0 Å². The summed E-state index contributed by atoms with van der Waals surface area (Å²) >= 11 is 0. The Morgan fingerprint density at radius 2 is 2.43 bits per heavy atom. The van der Waals surface area contributed by atoms with E-state index in [1.54, 1.807) is 0 Å². The molecule has 14 heavy (non-hydrogen) atoms. The molecular formula is C10H19N3O. The second-order valence-electron chi connectivity index (χ2n) is 4.16. The van der Waals surface area contributed by atoms with Gasteiger partial charge in [0.2, 0.25) is 0 Å². The molecule has 2 saturated heterocycles. The first kappa shape index (κ1) is 9.77. The van der Waals surface area contributed by atoms with Gasteiger partial charge in [0, 0.05) is 32.2 Å². The van der Waals surface area contributed by atoms with Crippen LogP contribution in [0.4, 0.5) is 4.79 Å². The maximum absolute atomic E-state index is 11.7. The Morgan fingerprint density at radius 3 is 3.21 bits per heavy atom. The summed E-state index contributed by atoms with van der Waals surface area (Å²) in [6.45, 7) is 5.67. The molecule has 2 aliphatic rings. The van der Waals surface area contributed by atoms with E-state index >= 15 is 0 Å². The molecular weight excluding hydrogens is 178 g/mol. The van der Waals surface area contributed by atoms with E-state index in [9.17, 15) is 4.79 Å². The smallest absolute Gasteiger partial charge is 0.317 e. The first-order chi connectivity index (χ1) is 6.83. The fraction of sp³-hybridized carbons (Fsp3) is 0.900. The molecule has 2 heterocycles. The van der Waals surface area contributed by atoms with Crippen molar-refractivity contribution >= 4 is 6.03 Å². The van der Waals surface area contributed by atoms with E-state index in [-0.39, 0.29) is 6.03 Å². The Kier molecular flexibility index (Phi) is 2.91. The Labute approximate surface area is 85.0 Å². The molecule has 2 amide bonds. The number of carbonyl (C=O) groups is 1. The van der Waals surface area contributed by atoms with Crippen molar-refractivity contribution < 1.29 is 4.79 Å². The number of rotatable bonds is 1. The van der Waals surface area contributed by atoms with E-state index in [4.69, 9.17) is 0 Å². The highest BCUT2D eigenvalue weighted by Crippen LogP contribution is 2.26. The monoisotopic (exact) mass is 197 g/mol. The summed E-state index contributed by atoms with van der Waals surface area (Å²) in [4.78, 5) is 13.7. The number of fused-ring (bicyclic) bond motifs is 1. The highest BCUT2D eigenvalue weighted by Gasteiger charge is 2.36. The predicted octanol–water partition coefficient (Wildman–Crippen LogP) is 0.400. The molecule has 0 bridgehead atoms. The van der Waals surface area contributed by atoms with Gasteiger partial charge in [-0.15, -0.1) is 0 Å². The maximum atomic E-state index is 11.7. The van der Waals surface area contributed by atoms with E-state index in [2.05, 4.69) is 10.6 Å². The molecule has 2 rings (SSSR count). The van der Waals surface area contributed by atoms with Crippen LogP contribution in [0.2, 0.25) is 0 Å². The Balaban J connectivity index is 1.99. The number of hydrogen-bond acceptors (Lipinski definition) is 2. The van der Waals surface area contributed by atoms with Crippen LogP contribution >= 0.6 is 0 Å². The molecule has 2 fully saturated rings. The van der Waals surface area contributed by atoms with Crippen LogP contribution in [0.1, 0.15) is 19.8 Å². The molecule has 2 unspecified atom stereocenters. The van der Waals surface area contributed by atoms with Gasteiger partial charge in [-0.1, -0.05) is 0 Å². The second kappa shape index (κ2) is 4.17. The van der Waals surface area contributed by atoms with Gasteiger partial charge in [-0.3, -0.25) is 0 Å². The molecule has 0 aliphatic carbocycles. The molecule has 0 aromatic rings. The van der Waals surface area contributed by atoms with Crippen LogP contribution in [0.25, 0.3) is 0 Å². The quantitative estimate of drug-likeness (QED) is 0.639. The minimum atomic E-state index is 0.117. The minimum Gasteiger partial charge on any atom is -0.338 e. The number of piperidine rings is 1. The van der Waals surface area contributed by atoms with Crippen LogP contribution in [0, 0.1) is 5.92 Å². The molecule has 0 spiro atoms. The number of nitrogens with one attached hydrogen (secondary N) is 2. The van der Waals surface area contributed by atoms with Gasteiger partial charge in [-0.05, 0) is 25.7 Å². The summed E-state index contributed by atoms with van der Waals surface area (Å²) in [6, 6.07) is 0.557. The molecule has 80 valence electrons. The molecule has 4 nitrogen and oxygen atoms in total. The van der Waals surface area contributed by atoms with E-state index in [0.717, 1.165) is 32.6 Å². The Bertz CT molecular complexity index is 219. The SMILES string of the molecule is CCNC(=O)N1CCCC2CNCC21. The van der Waals surface area contributed by atoms with E-state index in [1.807, 2.05) is 11.8 Å². The third-order valence-corrected chi connectivity index (χ3v) is 3.27. The van der Waals surface area contributed by atoms with Crippen molar-refractivity contribution in [3.63, 3.8) is 0 Å². The highest BCUT2D eigenvalue weighted by molar-refractivity contribution is 5.74. The number of carbonyl (C=O) groups excluding carboxylic acids is 1. The molecule has 2 atom stereocenters. The molecule has 0 aromatic heterocycles. The van der Waals surface area contributed by atoms with Crippen molar-refractivity contribution in [2.45, 2.75) is 25.8 Å². The topological polar surface area (TPSA) is 44.4 Å². The standard InChI is InChI=1S/C10H19N3O/c1-2-12-10(14)13-5-3-4-8-6-11-7-9(8)13/h8-9,11H,2-7H2,1H3,(H,12,14). The molecule has 2 N–H and O–H groups in total. The number of urea groups is 1. The zero-order valence-corrected chi connectivity index (χ0v) is 8.75. The van der Waals surface area contributed by atoms with Crippen LogP contribution < -0.4 is 10.6 Å². The van der Waals surface area contributed by atoms with E-state index < -0.39 is 0 Å². The predicted molar refractivity (Wildman–Crippen MR) is 55.2 cm³/mol.